The fourth-order valence-corrected chi connectivity index (χ4v) is 7.11. The van der Waals surface area contributed by atoms with Gasteiger partial charge in [0.15, 0.2) is 5.79 Å². The number of methoxy groups -OCH3 is 2. The Hall–Kier alpha value is -0.0800. The van der Waals surface area contributed by atoms with Gasteiger partial charge in [0.25, 0.3) is 0 Å². The summed E-state index contributed by atoms with van der Waals surface area (Å²) in [6, 6.07) is 0. The van der Waals surface area contributed by atoms with Gasteiger partial charge in [-0.1, -0.05) is 73.1 Å². The Morgan fingerprint density at radius 1 is 0.750 bits per heavy atom. The summed E-state index contributed by atoms with van der Waals surface area (Å²) in [6.45, 7) is 12.1. The van der Waals surface area contributed by atoms with E-state index in [1.54, 1.807) is 0 Å². The molecule has 166 valence electrons. The molecule has 0 amide bonds. The van der Waals surface area contributed by atoms with Gasteiger partial charge in [-0.05, 0) is 61.7 Å². The maximum atomic E-state index is 6.42. The quantitative estimate of drug-likeness (QED) is 0.249. The van der Waals surface area contributed by atoms with Crippen LogP contribution in [0.2, 0.25) is 0 Å². The number of hydrogen-bond donors (Lipinski definition) is 0. The second-order valence-corrected chi connectivity index (χ2v) is 10.7. The SMILES string of the molecule is CCCCCCCCC(C1CC(C)CC1C)C(OC)(OC)C1CC(C)CC1C. The third kappa shape index (κ3) is 5.54. The maximum absolute atomic E-state index is 6.42. The van der Waals surface area contributed by atoms with Gasteiger partial charge in [0.05, 0.1) is 0 Å². The first kappa shape index (κ1) is 24.2. The average molecular weight is 395 g/mol. The Morgan fingerprint density at radius 3 is 1.82 bits per heavy atom. The molecule has 2 fully saturated rings. The van der Waals surface area contributed by atoms with Gasteiger partial charge in [-0.15, -0.1) is 0 Å². The highest BCUT2D eigenvalue weighted by atomic mass is 16.7. The Labute approximate surface area is 176 Å². The molecule has 0 radical (unpaired) electrons. The zero-order chi connectivity index (χ0) is 20.7. The van der Waals surface area contributed by atoms with Crippen molar-refractivity contribution in [2.75, 3.05) is 14.2 Å². The van der Waals surface area contributed by atoms with E-state index in [1.165, 1.54) is 70.6 Å². The van der Waals surface area contributed by atoms with E-state index >= 15 is 0 Å². The zero-order valence-electron chi connectivity index (χ0n) is 20.1. The van der Waals surface area contributed by atoms with E-state index in [4.69, 9.17) is 9.47 Å². The Morgan fingerprint density at radius 2 is 1.32 bits per heavy atom. The lowest BCUT2D eigenvalue weighted by Crippen LogP contribution is -2.52. The van der Waals surface area contributed by atoms with Crippen LogP contribution in [-0.4, -0.2) is 20.0 Å². The molecule has 0 aromatic rings. The lowest BCUT2D eigenvalue weighted by atomic mass is 9.70. The minimum Gasteiger partial charge on any atom is -0.353 e. The van der Waals surface area contributed by atoms with E-state index in [9.17, 15) is 0 Å². The second kappa shape index (κ2) is 11.3. The molecule has 7 atom stereocenters. The number of unbranched alkanes of at least 4 members (excludes halogenated alkanes) is 5. The fourth-order valence-electron chi connectivity index (χ4n) is 7.11. The summed E-state index contributed by atoms with van der Waals surface area (Å²) in [7, 11) is 3.85. The van der Waals surface area contributed by atoms with Crippen molar-refractivity contribution in [1.82, 2.24) is 0 Å². The summed E-state index contributed by atoms with van der Waals surface area (Å²) in [5.41, 5.74) is 0. The molecule has 28 heavy (non-hydrogen) atoms. The van der Waals surface area contributed by atoms with Gasteiger partial charge >= 0.3 is 0 Å². The Kier molecular flexibility index (Phi) is 9.81. The molecule has 0 bridgehead atoms. The molecular formula is C26H50O2. The summed E-state index contributed by atoms with van der Waals surface area (Å²) >= 11 is 0. The number of ether oxygens (including phenoxy) is 2. The van der Waals surface area contributed by atoms with E-state index in [-0.39, 0.29) is 0 Å². The van der Waals surface area contributed by atoms with E-state index in [2.05, 4.69) is 34.6 Å². The Balaban J connectivity index is 2.18. The minimum absolute atomic E-state index is 0.392. The van der Waals surface area contributed by atoms with Crippen LogP contribution in [0.4, 0.5) is 0 Å². The van der Waals surface area contributed by atoms with Crippen molar-refractivity contribution in [2.24, 2.45) is 41.4 Å². The standard InChI is InChI=1S/C26H50O2/c1-8-9-10-11-12-13-14-24(23-17-19(2)15-21(23)4)26(27-6,28-7)25-18-20(3)16-22(25)5/h19-25H,8-18H2,1-7H3. The van der Waals surface area contributed by atoms with Crippen molar-refractivity contribution in [3.63, 3.8) is 0 Å². The van der Waals surface area contributed by atoms with Gasteiger partial charge in [-0.2, -0.15) is 0 Å². The molecule has 0 heterocycles. The van der Waals surface area contributed by atoms with E-state index in [0.29, 0.717) is 17.8 Å². The van der Waals surface area contributed by atoms with Gasteiger partial charge in [0.2, 0.25) is 0 Å². The molecule has 0 aliphatic heterocycles. The molecule has 2 saturated carbocycles. The van der Waals surface area contributed by atoms with Gasteiger partial charge in [-0.3, -0.25) is 0 Å². The van der Waals surface area contributed by atoms with E-state index in [1.807, 2.05) is 14.2 Å². The Bertz CT molecular complexity index is 430. The highest BCUT2D eigenvalue weighted by Crippen LogP contribution is 2.54. The summed E-state index contributed by atoms with van der Waals surface area (Å²) in [5, 5.41) is 0. The molecule has 2 aliphatic carbocycles. The molecule has 0 saturated heterocycles. The van der Waals surface area contributed by atoms with Crippen molar-refractivity contribution in [1.29, 1.82) is 0 Å². The monoisotopic (exact) mass is 394 g/mol. The molecule has 0 N–H and O–H groups in total. The lowest BCUT2D eigenvalue weighted by Gasteiger charge is -2.48. The van der Waals surface area contributed by atoms with Crippen molar-refractivity contribution >= 4 is 0 Å². The van der Waals surface area contributed by atoms with E-state index in [0.717, 1.165) is 23.7 Å². The summed E-state index contributed by atoms with van der Waals surface area (Å²) < 4.78 is 12.8. The number of rotatable bonds is 12. The van der Waals surface area contributed by atoms with Crippen molar-refractivity contribution in [3.8, 4) is 0 Å². The first-order valence-electron chi connectivity index (χ1n) is 12.5. The third-order valence-corrected chi connectivity index (χ3v) is 8.35. The van der Waals surface area contributed by atoms with Crippen LogP contribution in [-0.2, 0) is 9.47 Å². The van der Waals surface area contributed by atoms with E-state index < -0.39 is 5.79 Å². The highest BCUT2D eigenvalue weighted by Gasteiger charge is 2.54. The van der Waals surface area contributed by atoms with Crippen molar-refractivity contribution < 1.29 is 9.47 Å². The summed E-state index contributed by atoms with van der Waals surface area (Å²) in [6.07, 6.45) is 14.8. The smallest absolute Gasteiger partial charge is 0.173 e. The largest absolute Gasteiger partial charge is 0.353 e. The topological polar surface area (TPSA) is 18.5 Å². The van der Waals surface area contributed by atoms with Crippen LogP contribution < -0.4 is 0 Å². The molecule has 2 aliphatic rings. The zero-order valence-corrected chi connectivity index (χ0v) is 20.1. The predicted octanol–water partition coefficient (Wildman–Crippen LogP) is 7.71. The predicted molar refractivity (Wildman–Crippen MR) is 120 cm³/mol. The minimum atomic E-state index is -0.392. The van der Waals surface area contributed by atoms with Crippen molar-refractivity contribution in [3.05, 3.63) is 0 Å². The summed E-state index contributed by atoms with van der Waals surface area (Å²) in [5.74, 6) is 4.54. The van der Waals surface area contributed by atoms with Gasteiger partial charge < -0.3 is 9.47 Å². The first-order valence-corrected chi connectivity index (χ1v) is 12.5. The molecule has 0 spiro atoms. The number of hydrogen-bond acceptors (Lipinski definition) is 2. The van der Waals surface area contributed by atoms with Crippen LogP contribution in [0.3, 0.4) is 0 Å². The highest BCUT2D eigenvalue weighted by molar-refractivity contribution is 4.98. The molecule has 7 unspecified atom stereocenters. The molecule has 2 rings (SSSR count). The van der Waals surface area contributed by atoms with Crippen LogP contribution in [0.1, 0.15) is 105 Å². The van der Waals surface area contributed by atoms with Gasteiger partial charge in [-0.25, -0.2) is 0 Å². The van der Waals surface area contributed by atoms with Crippen LogP contribution >= 0.6 is 0 Å². The summed E-state index contributed by atoms with van der Waals surface area (Å²) in [4.78, 5) is 0. The molecule has 2 heteroatoms. The van der Waals surface area contributed by atoms with Gasteiger partial charge in [0.1, 0.15) is 0 Å². The normalized spacial score (nSPS) is 34.8. The van der Waals surface area contributed by atoms with Crippen LogP contribution in [0.5, 0.6) is 0 Å². The molecular weight excluding hydrogens is 344 g/mol. The van der Waals surface area contributed by atoms with Gasteiger partial charge in [0, 0.05) is 26.1 Å². The lowest BCUT2D eigenvalue weighted by molar-refractivity contribution is -0.289. The van der Waals surface area contributed by atoms with Crippen LogP contribution in [0.15, 0.2) is 0 Å². The molecule has 2 nitrogen and oxygen atoms in total. The van der Waals surface area contributed by atoms with Crippen molar-refractivity contribution in [2.45, 2.75) is 111 Å². The van der Waals surface area contributed by atoms with Crippen LogP contribution in [0, 0.1) is 41.4 Å². The van der Waals surface area contributed by atoms with Crippen LogP contribution in [0.25, 0.3) is 0 Å². The maximum Gasteiger partial charge on any atom is 0.173 e. The molecule has 0 aromatic carbocycles. The average Bonchev–Trinajstić information content (AvgIpc) is 3.18. The molecule has 0 aromatic heterocycles. The first-order chi connectivity index (χ1) is 13.4. The third-order valence-electron chi connectivity index (χ3n) is 8.35. The second-order valence-electron chi connectivity index (χ2n) is 10.7. The fraction of sp³-hybridized carbons (Fsp3) is 1.00.